The number of carbonyl (C=O) groups excluding carboxylic acids is 2. The monoisotopic (exact) mass is 500 g/mol. The number of nitrogens with zero attached hydrogens (tertiary/aromatic N) is 1. The van der Waals surface area contributed by atoms with Crippen molar-refractivity contribution in [3.05, 3.63) is 75.8 Å². The first kappa shape index (κ1) is 22.7. The highest BCUT2D eigenvalue weighted by Crippen LogP contribution is 2.35. The van der Waals surface area contributed by atoms with Gasteiger partial charge in [-0.2, -0.15) is 0 Å². The topological polar surface area (TPSA) is 67.9 Å². The predicted octanol–water partition coefficient (Wildman–Crippen LogP) is 4.02. The average molecular weight is 501 g/mol. The maximum atomic E-state index is 12.5. The van der Waals surface area contributed by atoms with Crippen LogP contribution >= 0.6 is 28.1 Å². The molecular weight excluding hydrogens is 480 g/mol. The molecule has 160 valence electrons. The largest absolute Gasteiger partial charge is 0.493 e. The molecule has 8 heteroatoms. The molecule has 0 bridgehead atoms. The van der Waals surface area contributed by atoms with Crippen LogP contribution in [0.4, 0.5) is 0 Å². The van der Waals surface area contributed by atoms with Crippen LogP contribution in [-0.4, -0.2) is 36.0 Å². The van der Waals surface area contributed by atoms with Crippen molar-refractivity contribution in [1.82, 2.24) is 10.2 Å². The molecule has 1 fully saturated rings. The number of rotatable bonds is 7. The van der Waals surface area contributed by atoms with E-state index >= 15 is 0 Å². The van der Waals surface area contributed by atoms with Crippen molar-refractivity contribution in [3.63, 3.8) is 0 Å². The Balaban J connectivity index is 1.96. The van der Waals surface area contributed by atoms with E-state index in [0.29, 0.717) is 30.1 Å². The fraction of sp³-hybridized carbons (Fsp3) is 0.174. The number of allylic oxidation sites excluding steroid dienone is 1. The van der Waals surface area contributed by atoms with Crippen LogP contribution in [0, 0.1) is 0 Å². The molecule has 0 spiro atoms. The number of nitrogens with one attached hydrogen (secondary N) is 1. The van der Waals surface area contributed by atoms with E-state index < -0.39 is 11.8 Å². The van der Waals surface area contributed by atoms with E-state index in [4.69, 9.17) is 21.7 Å². The quantitative estimate of drug-likeness (QED) is 0.269. The van der Waals surface area contributed by atoms with Crippen LogP contribution in [0.3, 0.4) is 0 Å². The second kappa shape index (κ2) is 9.89. The molecule has 2 amide bonds. The maximum Gasteiger partial charge on any atom is 0.265 e. The minimum Gasteiger partial charge on any atom is -0.493 e. The average Bonchev–Trinajstić information content (AvgIpc) is 2.75. The standard InChI is InChI=1S/C23H21BrN2O4S/c1-4-5-16-10-15(11-18-21(27)25-23(31)26(2)22(18)28)12-19(29-3)20(16)30-13-14-6-8-17(24)9-7-14/h4,6-12H,1,5,13H2,2-3H3,(H,25,27,31)/b18-11+. The molecule has 1 aliphatic rings. The van der Waals surface area contributed by atoms with Crippen LogP contribution < -0.4 is 14.8 Å². The second-order valence-electron chi connectivity index (χ2n) is 6.80. The summed E-state index contributed by atoms with van der Waals surface area (Å²) in [5.41, 5.74) is 2.45. The Hall–Kier alpha value is -2.97. The molecule has 1 aliphatic heterocycles. The minimum atomic E-state index is -0.534. The number of ether oxygens (including phenoxy) is 2. The Morgan fingerprint density at radius 1 is 1.23 bits per heavy atom. The summed E-state index contributed by atoms with van der Waals surface area (Å²) in [6.07, 6.45) is 3.79. The van der Waals surface area contributed by atoms with Crippen molar-refractivity contribution < 1.29 is 19.1 Å². The molecule has 0 saturated carbocycles. The molecule has 0 atom stereocenters. The first-order chi connectivity index (χ1) is 14.8. The Kier molecular flexibility index (Phi) is 7.25. The molecule has 0 radical (unpaired) electrons. The van der Waals surface area contributed by atoms with Gasteiger partial charge in [-0.15, -0.1) is 6.58 Å². The second-order valence-corrected chi connectivity index (χ2v) is 8.10. The van der Waals surface area contributed by atoms with Gasteiger partial charge < -0.3 is 9.47 Å². The van der Waals surface area contributed by atoms with Crippen LogP contribution in [-0.2, 0) is 22.6 Å². The molecule has 0 aliphatic carbocycles. The highest BCUT2D eigenvalue weighted by Gasteiger charge is 2.30. The number of carbonyl (C=O) groups is 2. The van der Waals surface area contributed by atoms with Crippen molar-refractivity contribution in [2.75, 3.05) is 14.2 Å². The molecule has 1 N–H and O–H groups in total. The lowest BCUT2D eigenvalue weighted by Crippen LogP contribution is -2.52. The number of halogens is 1. The number of hydrogen-bond acceptors (Lipinski definition) is 5. The van der Waals surface area contributed by atoms with Gasteiger partial charge in [-0.25, -0.2) is 0 Å². The normalized spacial score (nSPS) is 15.1. The third-order valence-electron chi connectivity index (χ3n) is 4.65. The lowest BCUT2D eigenvalue weighted by Gasteiger charge is -2.25. The van der Waals surface area contributed by atoms with Crippen LogP contribution in [0.25, 0.3) is 6.08 Å². The van der Waals surface area contributed by atoms with Gasteiger partial charge in [0.05, 0.1) is 7.11 Å². The van der Waals surface area contributed by atoms with Crippen molar-refractivity contribution >= 4 is 51.2 Å². The highest BCUT2D eigenvalue weighted by molar-refractivity contribution is 9.10. The van der Waals surface area contributed by atoms with Gasteiger partial charge in [0.1, 0.15) is 12.2 Å². The molecule has 2 aromatic carbocycles. The van der Waals surface area contributed by atoms with Gasteiger partial charge in [-0.1, -0.05) is 34.1 Å². The molecule has 3 rings (SSSR count). The molecule has 0 aromatic heterocycles. The van der Waals surface area contributed by atoms with Gasteiger partial charge in [0.25, 0.3) is 11.8 Å². The third-order valence-corrected chi connectivity index (χ3v) is 5.56. The van der Waals surface area contributed by atoms with E-state index in [1.165, 1.54) is 18.0 Å². The summed E-state index contributed by atoms with van der Waals surface area (Å²) in [6.45, 7) is 4.17. The third kappa shape index (κ3) is 5.21. The summed E-state index contributed by atoms with van der Waals surface area (Å²) in [6, 6.07) is 11.4. The fourth-order valence-electron chi connectivity index (χ4n) is 3.04. The smallest absolute Gasteiger partial charge is 0.265 e. The van der Waals surface area contributed by atoms with Crippen LogP contribution in [0.1, 0.15) is 16.7 Å². The van der Waals surface area contributed by atoms with E-state index in [2.05, 4.69) is 27.8 Å². The number of likely N-dealkylation sites (N-methyl/N-ethyl adjacent to an activating group) is 1. The van der Waals surface area contributed by atoms with E-state index in [1.54, 1.807) is 19.3 Å². The van der Waals surface area contributed by atoms with Crippen LogP contribution in [0.2, 0.25) is 0 Å². The number of hydrogen-bond donors (Lipinski definition) is 1. The SMILES string of the molecule is C=CCc1cc(/C=C2\C(=O)NC(=S)N(C)C2=O)cc(OC)c1OCc1ccc(Br)cc1. The van der Waals surface area contributed by atoms with Gasteiger partial charge in [0.15, 0.2) is 16.6 Å². The van der Waals surface area contributed by atoms with Gasteiger partial charge in [-0.3, -0.25) is 19.8 Å². The first-order valence-corrected chi connectivity index (χ1v) is 10.6. The summed E-state index contributed by atoms with van der Waals surface area (Å²) in [7, 11) is 3.06. The Morgan fingerprint density at radius 2 is 1.94 bits per heavy atom. The van der Waals surface area contributed by atoms with Gasteiger partial charge in [-0.05, 0) is 60.1 Å². The molecular formula is C23H21BrN2O4S. The Morgan fingerprint density at radius 3 is 2.58 bits per heavy atom. The zero-order valence-corrected chi connectivity index (χ0v) is 19.5. The summed E-state index contributed by atoms with van der Waals surface area (Å²) < 4.78 is 12.6. The summed E-state index contributed by atoms with van der Waals surface area (Å²) in [5, 5.41) is 2.58. The van der Waals surface area contributed by atoms with E-state index in [1.807, 2.05) is 30.3 Å². The predicted molar refractivity (Wildman–Crippen MR) is 127 cm³/mol. The molecule has 2 aromatic rings. The molecule has 6 nitrogen and oxygen atoms in total. The lowest BCUT2D eigenvalue weighted by atomic mass is 10.0. The molecule has 1 heterocycles. The van der Waals surface area contributed by atoms with E-state index in [9.17, 15) is 9.59 Å². The zero-order chi connectivity index (χ0) is 22.5. The van der Waals surface area contributed by atoms with Gasteiger partial charge >= 0.3 is 0 Å². The fourth-order valence-corrected chi connectivity index (χ4v) is 3.48. The maximum absolute atomic E-state index is 12.5. The Bertz CT molecular complexity index is 1080. The van der Waals surface area contributed by atoms with Crippen molar-refractivity contribution in [1.29, 1.82) is 0 Å². The van der Waals surface area contributed by atoms with Gasteiger partial charge in [0, 0.05) is 17.1 Å². The van der Waals surface area contributed by atoms with E-state index in [0.717, 1.165) is 15.6 Å². The Labute approximate surface area is 194 Å². The number of methoxy groups -OCH3 is 1. The molecule has 1 saturated heterocycles. The van der Waals surface area contributed by atoms with E-state index in [-0.39, 0.29) is 10.7 Å². The summed E-state index contributed by atoms with van der Waals surface area (Å²) in [4.78, 5) is 26.0. The first-order valence-electron chi connectivity index (χ1n) is 9.38. The summed E-state index contributed by atoms with van der Waals surface area (Å²) >= 11 is 8.40. The van der Waals surface area contributed by atoms with Crippen molar-refractivity contribution in [2.24, 2.45) is 0 Å². The van der Waals surface area contributed by atoms with Crippen molar-refractivity contribution in [3.8, 4) is 11.5 Å². The highest BCUT2D eigenvalue weighted by atomic mass is 79.9. The summed E-state index contributed by atoms with van der Waals surface area (Å²) in [5.74, 6) is 0.0856. The lowest BCUT2D eigenvalue weighted by molar-refractivity contribution is -0.128. The minimum absolute atomic E-state index is 0.00811. The number of thiocarbonyl (C=S) groups is 1. The van der Waals surface area contributed by atoms with Gasteiger partial charge in [0.2, 0.25) is 0 Å². The number of amides is 2. The van der Waals surface area contributed by atoms with Crippen LogP contribution in [0.15, 0.2) is 59.1 Å². The number of benzene rings is 2. The zero-order valence-electron chi connectivity index (χ0n) is 17.1. The molecule has 31 heavy (non-hydrogen) atoms. The van der Waals surface area contributed by atoms with Crippen molar-refractivity contribution in [2.45, 2.75) is 13.0 Å². The molecule has 0 unspecified atom stereocenters. The van der Waals surface area contributed by atoms with Crippen LogP contribution in [0.5, 0.6) is 11.5 Å².